The fourth-order valence-electron chi connectivity index (χ4n) is 7.77. The van der Waals surface area contributed by atoms with Gasteiger partial charge in [0.1, 0.15) is 6.10 Å². The van der Waals surface area contributed by atoms with Crippen LogP contribution in [0.4, 0.5) is 4.79 Å². The Balaban J connectivity index is 0.968. The lowest BCUT2D eigenvalue weighted by atomic mass is 9.53. The fraction of sp³-hybridized carbons (Fsp3) is 0.833. The zero-order valence-electron chi connectivity index (χ0n) is 18.5. The maximum atomic E-state index is 13.1. The molecule has 4 saturated carbocycles. The van der Waals surface area contributed by atoms with Crippen LogP contribution >= 0.6 is 11.3 Å². The third kappa shape index (κ3) is 4.20. The van der Waals surface area contributed by atoms with Gasteiger partial charge in [-0.3, -0.25) is 4.90 Å². The molecule has 1 aromatic rings. The quantitative estimate of drug-likeness (QED) is 0.759. The minimum atomic E-state index is 0.127. The van der Waals surface area contributed by atoms with E-state index in [4.69, 9.17) is 4.74 Å². The third-order valence-electron chi connectivity index (χ3n) is 8.83. The van der Waals surface area contributed by atoms with Crippen LogP contribution in [0.2, 0.25) is 0 Å². The van der Waals surface area contributed by atoms with Crippen molar-refractivity contribution in [1.29, 1.82) is 0 Å². The molecule has 0 radical (unpaired) electrons. The molecule has 31 heavy (non-hydrogen) atoms. The highest BCUT2D eigenvalue weighted by molar-refractivity contribution is 7.11. The first kappa shape index (κ1) is 20.3. The van der Waals surface area contributed by atoms with Gasteiger partial charge in [-0.15, -0.1) is 0 Å². The average Bonchev–Trinajstić information content (AvgIpc) is 3.26. The van der Waals surface area contributed by atoms with Gasteiger partial charge >= 0.3 is 6.03 Å². The minimum Gasteiger partial charge on any atom is -0.467 e. The summed E-state index contributed by atoms with van der Waals surface area (Å²) in [5.41, 5.74) is 0.127. The van der Waals surface area contributed by atoms with Crippen LogP contribution in [0.25, 0.3) is 0 Å². The van der Waals surface area contributed by atoms with Crippen molar-refractivity contribution < 1.29 is 9.53 Å². The minimum absolute atomic E-state index is 0.127. The molecule has 2 aliphatic heterocycles. The average molecular weight is 445 g/mol. The first-order valence-electron chi connectivity index (χ1n) is 12.5. The van der Waals surface area contributed by atoms with Crippen LogP contribution < -0.4 is 10.1 Å². The Morgan fingerprint density at radius 1 is 1.00 bits per heavy atom. The summed E-state index contributed by atoms with van der Waals surface area (Å²) in [6, 6.07) is 0.834. The number of likely N-dealkylation sites (tertiary alicyclic amines) is 2. The molecule has 6 fully saturated rings. The van der Waals surface area contributed by atoms with Crippen LogP contribution in [-0.2, 0) is 0 Å². The third-order valence-corrected chi connectivity index (χ3v) is 9.49. The van der Waals surface area contributed by atoms with Crippen LogP contribution in [-0.4, -0.2) is 64.7 Å². The van der Waals surface area contributed by atoms with E-state index >= 15 is 0 Å². The smallest absolute Gasteiger partial charge is 0.317 e. The topological polar surface area (TPSA) is 57.7 Å². The second kappa shape index (κ2) is 8.22. The lowest BCUT2D eigenvalue weighted by molar-refractivity contribution is -0.0166. The summed E-state index contributed by atoms with van der Waals surface area (Å²) < 4.78 is 6.01. The number of carbonyl (C=O) groups is 1. The van der Waals surface area contributed by atoms with Crippen LogP contribution in [0.5, 0.6) is 5.19 Å². The van der Waals surface area contributed by atoms with Crippen LogP contribution in [0.1, 0.15) is 64.2 Å². The maximum Gasteiger partial charge on any atom is 0.317 e. The summed E-state index contributed by atoms with van der Waals surface area (Å²) in [5, 5.41) is 6.34. The number of nitrogens with one attached hydrogen (secondary N) is 1. The van der Waals surface area contributed by atoms with Gasteiger partial charge in [-0.2, -0.15) is 0 Å². The highest BCUT2D eigenvalue weighted by atomic mass is 32.1. The SMILES string of the molecule is O=C(NC12CC3CC(CC(C3)C1)C2)N1CCC(N2CCC(Oc3nccs3)CC2)CC1. The van der Waals surface area contributed by atoms with Crippen molar-refractivity contribution in [3.05, 3.63) is 11.6 Å². The number of hydrogen-bond acceptors (Lipinski definition) is 5. The number of aromatic nitrogens is 1. The number of amides is 2. The Morgan fingerprint density at radius 3 is 2.23 bits per heavy atom. The molecule has 1 N–H and O–H groups in total. The van der Waals surface area contributed by atoms with E-state index in [-0.39, 0.29) is 11.6 Å². The van der Waals surface area contributed by atoms with Gasteiger partial charge in [0, 0.05) is 49.3 Å². The highest BCUT2D eigenvalue weighted by Gasteiger charge is 2.52. The maximum absolute atomic E-state index is 13.1. The molecule has 4 bridgehead atoms. The van der Waals surface area contributed by atoms with Crippen LogP contribution in [0, 0.1) is 17.8 Å². The highest BCUT2D eigenvalue weighted by Crippen LogP contribution is 2.55. The molecule has 7 rings (SSSR count). The molecule has 6 nitrogen and oxygen atoms in total. The van der Waals surface area contributed by atoms with Gasteiger partial charge in [-0.1, -0.05) is 11.3 Å². The molecule has 0 spiro atoms. The Bertz CT molecular complexity index is 733. The molecule has 0 aromatic carbocycles. The Hall–Kier alpha value is -1.34. The number of hydrogen-bond donors (Lipinski definition) is 1. The van der Waals surface area contributed by atoms with Gasteiger partial charge in [0.15, 0.2) is 0 Å². The van der Waals surface area contributed by atoms with Crippen molar-refractivity contribution in [2.75, 3.05) is 26.2 Å². The van der Waals surface area contributed by atoms with Gasteiger partial charge in [0.25, 0.3) is 5.19 Å². The summed E-state index contributed by atoms with van der Waals surface area (Å²) in [6.45, 7) is 4.00. The molecule has 7 heteroatoms. The van der Waals surface area contributed by atoms with E-state index in [1.165, 1.54) is 38.5 Å². The van der Waals surface area contributed by atoms with Gasteiger partial charge in [-0.05, 0) is 82.0 Å². The standard InChI is InChI=1S/C24H36N4O2S/c29-22(26-24-14-17-11-18(15-24)13-19(12-17)16-24)28-6-1-20(2-7-28)27-8-3-21(4-9-27)30-23-25-5-10-31-23/h5,10,17-21H,1-4,6-9,11-16H2,(H,26,29). The Kier molecular flexibility index (Phi) is 5.37. The molecule has 6 aliphatic rings. The van der Waals surface area contributed by atoms with Gasteiger partial charge in [-0.25, -0.2) is 9.78 Å². The monoisotopic (exact) mass is 444 g/mol. The van der Waals surface area contributed by atoms with Crippen molar-refractivity contribution >= 4 is 17.4 Å². The largest absolute Gasteiger partial charge is 0.467 e. The zero-order valence-corrected chi connectivity index (χ0v) is 19.3. The van der Waals surface area contributed by atoms with E-state index in [9.17, 15) is 4.79 Å². The van der Waals surface area contributed by atoms with Crippen molar-refractivity contribution in [3.8, 4) is 5.19 Å². The predicted octanol–water partition coefficient (Wildman–Crippen LogP) is 4.13. The summed E-state index contributed by atoms with van der Waals surface area (Å²) >= 11 is 1.58. The van der Waals surface area contributed by atoms with Crippen molar-refractivity contribution in [3.63, 3.8) is 0 Å². The first-order chi connectivity index (χ1) is 15.1. The van der Waals surface area contributed by atoms with E-state index in [1.54, 1.807) is 11.3 Å². The number of urea groups is 1. The van der Waals surface area contributed by atoms with E-state index < -0.39 is 0 Å². The fourth-order valence-corrected chi connectivity index (χ4v) is 8.33. The molecule has 2 saturated heterocycles. The lowest BCUT2D eigenvalue weighted by Crippen LogP contribution is -2.62. The van der Waals surface area contributed by atoms with Crippen LogP contribution in [0.3, 0.4) is 0 Å². The molecule has 2 amide bonds. The molecule has 0 atom stereocenters. The van der Waals surface area contributed by atoms with E-state index in [0.29, 0.717) is 12.1 Å². The summed E-state index contributed by atoms with van der Waals surface area (Å²) in [6.07, 6.45) is 14.4. The molecule has 1 aromatic heterocycles. The van der Waals surface area contributed by atoms with Gasteiger partial charge < -0.3 is 15.0 Å². The Labute approximate surface area is 189 Å². The summed E-state index contributed by atoms with van der Waals surface area (Å²) in [4.78, 5) is 22.1. The number of ether oxygens (including phenoxy) is 1. The van der Waals surface area contributed by atoms with E-state index in [0.717, 1.165) is 74.8 Å². The molecular weight excluding hydrogens is 408 g/mol. The summed E-state index contributed by atoms with van der Waals surface area (Å²) in [5.74, 6) is 2.62. The van der Waals surface area contributed by atoms with Gasteiger partial charge in [0.2, 0.25) is 0 Å². The molecule has 0 unspecified atom stereocenters. The van der Waals surface area contributed by atoms with E-state index in [1.807, 2.05) is 11.6 Å². The number of nitrogens with zero attached hydrogens (tertiary/aromatic N) is 3. The predicted molar refractivity (Wildman–Crippen MR) is 121 cm³/mol. The molecule has 4 aliphatic carbocycles. The second-order valence-electron chi connectivity index (χ2n) is 11.0. The van der Waals surface area contributed by atoms with Crippen molar-refractivity contribution in [2.45, 2.75) is 81.9 Å². The molecule has 3 heterocycles. The molecule has 170 valence electrons. The lowest BCUT2D eigenvalue weighted by Gasteiger charge is -2.57. The number of rotatable bonds is 4. The molecular formula is C24H36N4O2S. The van der Waals surface area contributed by atoms with Crippen molar-refractivity contribution in [2.24, 2.45) is 17.8 Å². The zero-order chi connectivity index (χ0) is 20.8. The number of piperidine rings is 2. The normalized spacial score (nSPS) is 36.6. The first-order valence-corrected chi connectivity index (χ1v) is 13.4. The van der Waals surface area contributed by atoms with Gasteiger partial charge in [0.05, 0.1) is 0 Å². The van der Waals surface area contributed by atoms with E-state index in [2.05, 4.69) is 20.1 Å². The van der Waals surface area contributed by atoms with Crippen LogP contribution in [0.15, 0.2) is 11.6 Å². The Morgan fingerprint density at radius 2 is 1.65 bits per heavy atom. The summed E-state index contributed by atoms with van der Waals surface area (Å²) in [7, 11) is 0. The second-order valence-corrected chi connectivity index (χ2v) is 11.9. The van der Waals surface area contributed by atoms with Crippen molar-refractivity contribution in [1.82, 2.24) is 20.1 Å². The number of carbonyl (C=O) groups excluding carboxylic acids is 1. The number of thiazole rings is 1.